The molecule has 0 saturated heterocycles. The van der Waals surface area contributed by atoms with Crippen LogP contribution in [0.4, 0.5) is 0 Å². The molecule has 0 aromatic carbocycles. The van der Waals surface area contributed by atoms with E-state index in [9.17, 15) is 0 Å². The van der Waals surface area contributed by atoms with E-state index in [0.717, 1.165) is 12.3 Å². The first-order valence-corrected chi connectivity index (χ1v) is 7.80. The van der Waals surface area contributed by atoms with Gasteiger partial charge in [-0.2, -0.15) is 0 Å². The number of hydrogen-bond acceptors (Lipinski definition) is 1. The van der Waals surface area contributed by atoms with Crippen molar-refractivity contribution in [3.05, 3.63) is 11.6 Å². The molecule has 0 spiro atoms. The minimum atomic E-state index is 0.866. The Morgan fingerprint density at radius 3 is 2.28 bits per heavy atom. The van der Waals surface area contributed by atoms with Gasteiger partial charge >= 0.3 is 0 Å². The van der Waals surface area contributed by atoms with E-state index < -0.39 is 0 Å². The lowest BCUT2D eigenvalue weighted by molar-refractivity contribution is 0.448. The number of unbranched alkanes of at least 4 members (excludes halogenated alkanes) is 2. The maximum atomic E-state index is 4.40. The zero-order valence-corrected chi connectivity index (χ0v) is 13.3. The van der Waals surface area contributed by atoms with Crippen LogP contribution in [0.3, 0.4) is 0 Å². The summed E-state index contributed by atoms with van der Waals surface area (Å²) >= 11 is 0. The standard InChI is InChI=1S/C17H33N/c1-6-9-11-16(8-3)13-15(4)14-17(18-5)12-10-7-2/h14,16H,6-13H2,1-5H3/b15-14-,18-17?. The number of hydrogen-bond donors (Lipinski definition) is 0. The van der Waals surface area contributed by atoms with Crippen LogP contribution in [0.15, 0.2) is 16.6 Å². The first kappa shape index (κ1) is 17.4. The van der Waals surface area contributed by atoms with Crippen molar-refractivity contribution in [1.82, 2.24) is 0 Å². The highest BCUT2D eigenvalue weighted by molar-refractivity contribution is 5.95. The SMILES string of the molecule is CCCCC(/C=C(/C)CC(CC)CCCC)=NC. The molecular weight excluding hydrogens is 218 g/mol. The average Bonchev–Trinajstić information content (AvgIpc) is 2.39. The fourth-order valence-corrected chi connectivity index (χ4v) is 2.35. The molecule has 106 valence electrons. The summed E-state index contributed by atoms with van der Waals surface area (Å²) in [5.74, 6) is 0.866. The lowest BCUT2D eigenvalue weighted by Crippen LogP contribution is -2.02. The quantitative estimate of drug-likeness (QED) is 0.435. The molecule has 1 nitrogen and oxygen atoms in total. The van der Waals surface area contributed by atoms with Gasteiger partial charge in [-0.25, -0.2) is 0 Å². The first-order chi connectivity index (χ1) is 8.67. The van der Waals surface area contributed by atoms with Crippen LogP contribution in [-0.4, -0.2) is 12.8 Å². The van der Waals surface area contributed by atoms with E-state index >= 15 is 0 Å². The van der Waals surface area contributed by atoms with Crippen molar-refractivity contribution in [3.63, 3.8) is 0 Å². The summed E-state index contributed by atoms with van der Waals surface area (Å²) in [7, 11) is 1.92. The van der Waals surface area contributed by atoms with Gasteiger partial charge < -0.3 is 0 Å². The topological polar surface area (TPSA) is 12.4 Å². The highest BCUT2D eigenvalue weighted by atomic mass is 14.7. The second-order valence-corrected chi connectivity index (χ2v) is 5.43. The van der Waals surface area contributed by atoms with Gasteiger partial charge in [0, 0.05) is 12.8 Å². The molecule has 0 radical (unpaired) electrons. The first-order valence-electron chi connectivity index (χ1n) is 7.80. The van der Waals surface area contributed by atoms with Crippen molar-refractivity contribution in [1.29, 1.82) is 0 Å². The van der Waals surface area contributed by atoms with Crippen molar-refractivity contribution >= 4 is 5.71 Å². The number of aliphatic imine (C=N–C) groups is 1. The lowest BCUT2D eigenvalue weighted by atomic mass is 9.92. The predicted octanol–water partition coefficient (Wildman–Crippen LogP) is 5.80. The Morgan fingerprint density at radius 2 is 1.78 bits per heavy atom. The number of allylic oxidation sites excluding steroid dienone is 2. The monoisotopic (exact) mass is 251 g/mol. The van der Waals surface area contributed by atoms with Crippen LogP contribution in [0.2, 0.25) is 0 Å². The second-order valence-electron chi connectivity index (χ2n) is 5.43. The van der Waals surface area contributed by atoms with Gasteiger partial charge in [-0.1, -0.05) is 58.4 Å². The number of rotatable bonds is 10. The molecule has 0 bridgehead atoms. The van der Waals surface area contributed by atoms with E-state index in [4.69, 9.17) is 0 Å². The van der Waals surface area contributed by atoms with Crippen LogP contribution in [0, 0.1) is 5.92 Å². The van der Waals surface area contributed by atoms with Gasteiger partial charge in [0.05, 0.1) is 0 Å². The van der Waals surface area contributed by atoms with Gasteiger partial charge in [0.15, 0.2) is 0 Å². The van der Waals surface area contributed by atoms with E-state index in [2.05, 4.69) is 38.8 Å². The number of nitrogens with zero attached hydrogens (tertiary/aromatic N) is 1. The maximum Gasteiger partial charge on any atom is 0.0344 e. The van der Waals surface area contributed by atoms with Crippen LogP contribution in [0.25, 0.3) is 0 Å². The van der Waals surface area contributed by atoms with E-state index in [1.54, 1.807) is 0 Å². The summed E-state index contributed by atoms with van der Waals surface area (Å²) in [6.45, 7) is 9.11. The van der Waals surface area contributed by atoms with E-state index in [1.807, 2.05) is 7.05 Å². The van der Waals surface area contributed by atoms with Crippen LogP contribution in [-0.2, 0) is 0 Å². The molecule has 0 rings (SSSR count). The Balaban J connectivity index is 4.28. The summed E-state index contributed by atoms with van der Waals surface area (Å²) in [5.41, 5.74) is 2.79. The highest BCUT2D eigenvalue weighted by Gasteiger charge is 2.07. The molecule has 1 atom stereocenters. The third-order valence-electron chi connectivity index (χ3n) is 3.64. The molecule has 0 amide bonds. The molecule has 0 aromatic rings. The van der Waals surface area contributed by atoms with Crippen molar-refractivity contribution in [3.8, 4) is 0 Å². The molecule has 1 heteroatoms. The smallest absolute Gasteiger partial charge is 0.0344 e. The Labute approximate surface area is 115 Å². The summed E-state index contributed by atoms with van der Waals surface area (Å²) in [5, 5.41) is 0. The van der Waals surface area contributed by atoms with Crippen molar-refractivity contribution < 1.29 is 0 Å². The normalized spacial score (nSPS) is 14.9. The molecule has 0 N–H and O–H groups in total. The van der Waals surface area contributed by atoms with Gasteiger partial charge in [-0.05, 0) is 38.2 Å². The third kappa shape index (κ3) is 8.49. The minimum absolute atomic E-state index is 0.866. The van der Waals surface area contributed by atoms with Crippen LogP contribution >= 0.6 is 0 Å². The summed E-state index contributed by atoms with van der Waals surface area (Å²) < 4.78 is 0. The molecule has 18 heavy (non-hydrogen) atoms. The van der Waals surface area contributed by atoms with E-state index in [1.165, 1.54) is 56.2 Å². The maximum absolute atomic E-state index is 4.40. The molecule has 0 aliphatic carbocycles. The molecule has 0 aliphatic heterocycles. The fourth-order valence-electron chi connectivity index (χ4n) is 2.35. The average molecular weight is 251 g/mol. The zero-order chi connectivity index (χ0) is 13.8. The van der Waals surface area contributed by atoms with Gasteiger partial charge in [-0.15, -0.1) is 0 Å². The van der Waals surface area contributed by atoms with Gasteiger partial charge in [0.25, 0.3) is 0 Å². The molecule has 0 saturated carbocycles. The molecular formula is C17H33N. The predicted molar refractivity (Wildman–Crippen MR) is 84.6 cm³/mol. The zero-order valence-electron chi connectivity index (χ0n) is 13.3. The van der Waals surface area contributed by atoms with Gasteiger partial charge in [-0.3, -0.25) is 4.99 Å². The lowest BCUT2D eigenvalue weighted by Gasteiger charge is -2.15. The summed E-state index contributed by atoms with van der Waals surface area (Å²) in [4.78, 5) is 4.40. The minimum Gasteiger partial charge on any atom is -0.293 e. The summed E-state index contributed by atoms with van der Waals surface area (Å²) in [6, 6.07) is 0. The van der Waals surface area contributed by atoms with E-state index in [-0.39, 0.29) is 0 Å². The van der Waals surface area contributed by atoms with Crippen LogP contribution in [0.5, 0.6) is 0 Å². The van der Waals surface area contributed by atoms with Crippen LogP contribution < -0.4 is 0 Å². The Hall–Kier alpha value is -0.590. The van der Waals surface area contributed by atoms with Gasteiger partial charge in [0.1, 0.15) is 0 Å². The van der Waals surface area contributed by atoms with Gasteiger partial charge in [0.2, 0.25) is 0 Å². The molecule has 0 fully saturated rings. The Kier molecular flexibility index (Phi) is 11.1. The fraction of sp³-hybridized carbons (Fsp3) is 0.824. The highest BCUT2D eigenvalue weighted by Crippen LogP contribution is 2.21. The molecule has 0 heterocycles. The van der Waals surface area contributed by atoms with E-state index in [0.29, 0.717) is 0 Å². The van der Waals surface area contributed by atoms with Crippen molar-refractivity contribution in [2.45, 2.75) is 79.1 Å². The summed E-state index contributed by atoms with van der Waals surface area (Å²) in [6.07, 6.45) is 12.6. The Bertz CT molecular complexity index is 250. The molecule has 0 aromatic heterocycles. The third-order valence-corrected chi connectivity index (χ3v) is 3.64. The van der Waals surface area contributed by atoms with Crippen molar-refractivity contribution in [2.24, 2.45) is 10.9 Å². The molecule has 1 unspecified atom stereocenters. The molecule has 0 aliphatic rings. The second kappa shape index (κ2) is 11.5. The largest absolute Gasteiger partial charge is 0.293 e. The Morgan fingerprint density at radius 1 is 1.11 bits per heavy atom. The van der Waals surface area contributed by atoms with Crippen LogP contribution in [0.1, 0.15) is 79.1 Å². The van der Waals surface area contributed by atoms with Crippen molar-refractivity contribution in [2.75, 3.05) is 7.05 Å².